The van der Waals surface area contributed by atoms with Crippen LogP contribution in [0.3, 0.4) is 0 Å². The van der Waals surface area contributed by atoms with Gasteiger partial charge in [0.2, 0.25) is 5.82 Å². The van der Waals surface area contributed by atoms with Crippen LogP contribution in [0, 0.1) is 0 Å². The molecule has 1 aliphatic rings. The molecule has 21 heavy (non-hydrogen) atoms. The van der Waals surface area contributed by atoms with E-state index in [0.717, 1.165) is 4.68 Å². The van der Waals surface area contributed by atoms with E-state index < -0.39 is 31.1 Å². The lowest BCUT2D eigenvalue weighted by Gasteiger charge is -2.14. The van der Waals surface area contributed by atoms with E-state index >= 15 is 0 Å². The quantitative estimate of drug-likeness (QED) is 0.239. The summed E-state index contributed by atoms with van der Waals surface area (Å²) in [6, 6.07) is 0. The zero-order valence-corrected chi connectivity index (χ0v) is 10.9. The number of rotatable bonds is 2. The van der Waals surface area contributed by atoms with Crippen LogP contribution in [0.4, 0.5) is 11.8 Å². The first-order valence-electron chi connectivity index (χ1n) is 6.16. The minimum Gasteiger partial charge on any atom is -0.394 e. The Morgan fingerprint density at radius 1 is 1.33 bits per heavy atom. The molecule has 0 spiro atoms. The molecule has 1 aliphatic heterocycles. The van der Waals surface area contributed by atoms with Crippen molar-refractivity contribution in [3.8, 4) is 0 Å². The highest BCUT2D eigenvalue weighted by molar-refractivity contribution is 5.79. The van der Waals surface area contributed by atoms with Gasteiger partial charge in [0, 0.05) is 0 Å². The number of anilines is 2. The molecule has 0 aliphatic carbocycles. The molecule has 2 aromatic rings. The van der Waals surface area contributed by atoms with Crippen molar-refractivity contribution in [2.24, 2.45) is 0 Å². The molecule has 2 aromatic heterocycles. The van der Waals surface area contributed by atoms with Crippen LogP contribution in [-0.2, 0) is 4.74 Å². The van der Waals surface area contributed by atoms with Crippen LogP contribution in [0.25, 0.3) is 11.2 Å². The van der Waals surface area contributed by atoms with Crippen LogP contribution in [0.1, 0.15) is 6.23 Å². The van der Waals surface area contributed by atoms with Crippen LogP contribution in [0.15, 0.2) is 6.33 Å². The van der Waals surface area contributed by atoms with Gasteiger partial charge in [-0.25, -0.2) is 9.55 Å². The first kappa shape index (κ1) is 13.8. The normalized spacial score (nSPS) is 29.3. The molecule has 3 rings (SSSR count). The molecule has 0 unspecified atom stereocenters. The van der Waals surface area contributed by atoms with Crippen molar-refractivity contribution in [1.29, 1.82) is 0 Å². The Labute approximate surface area is 118 Å². The fourth-order valence-corrected chi connectivity index (χ4v) is 2.41. The molecular weight excluding hydrogens is 282 g/mol. The van der Waals surface area contributed by atoms with Crippen molar-refractivity contribution in [2.75, 3.05) is 23.9 Å². The van der Waals surface area contributed by atoms with E-state index in [0.29, 0.717) is 0 Å². The number of nitrogens with zero attached hydrogens (tertiary/aromatic N) is 4. The van der Waals surface area contributed by atoms with Crippen LogP contribution in [0.2, 0.25) is 0 Å². The third-order valence-corrected chi connectivity index (χ3v) is 3.51. The molecule has 1 saturated heterocycles. The van der Waals surface area contributed by atoms with Gasteiger partial charge in [0.05, 0.1) is 6.61 Å². The minimum atomic E-state index is -1.27. The van der Waals surface area contributed by atoms with E-state index in [1.165, 1.54) is 10.9 Å². The summed E-state index contributed by atoms with van der Waals surface area (Å²) in [4.78, 5) is 7.89. The van der Waals surface area contributed by atoms with Gasteiger partial charge in [-0.3, -0.25) is 5.84 Å². The number of hydrogen-bond donors (Lipinski definition) is 6. The number of aliphatic hydroxyl groups excluding tert-OH is 3. The number of imidazole rings is 1. The fraction of sp³-hybridized carbons (Fsp3) is 0.500. The van der Waals surface area contributed by atoms with Crippen molar-refractivity contribution in [1.82, 2.24) is 14.5 Å². The Kier molecular flexibility index (Phi) is 3.06. The predicted octanol–water partition coefficient (Wildman–Crippen LogP) is -3.79. The highest BCUT2D eigenvalue weighted by Gasteiger charge is 2.45. The molecule has 4 atom stereocenters. The zero-order valence-electron chi connectivity index (χ0n) is 10.9. The molecule has 11 nitrogen and oxygen atoms in total. The lowest BCUT2D eigenvalue weighted by atomic mass is 10.1. The molecule has 0 aromatic carbocycles. The average Bonchev–Trinajstić information content (AvgIpc) is 3.00. The second kappa shape index (κ2) is 4.66. The molecule has 0 saturated carbocycles. The first-order valence-corrected chi connectivity index (χ1v) is 6.16. The van der Waals surface area contributed by atoms with E-state index in [4.69, 9.17) is 27.2 Å². The fourth-order valence-electron chi connectivity index (χ4n) is 2.41. The van der Waals surface area contributed by atoms with Crippen molar-refractivity contribution in [3.63, 3.8) is 0 Å². The Morgan fingerprint density at radius 3 is 2.67 bits per heavy atom. The summed E-state index contributed by atoms with van der Waals surface area (Å²) in [5.74, 6) is 5.84. The molecule has 0 amide bonds. The van der Waals surface area contributed by atoms with E-state index in [2.05, 4.69) is 9.97 Å². The third-order valence-electron chi connectivity index (χ3n) is 3.51. The van der Waals surface area contributed by atoms with Crippen molar-refractivity contribution in [3.05, 3.63) is 6.33 Å². The maximum atomic E-state index is 10.1. The monoisotopic (exact) mass is 298 g/mol. The van der Waals surface area contributed by atoms with Gasteiger partial charge < -0.3 is 31.5 Å². The summed E-state index contributed by atoms with van der Waals surface area (Å²) in [5, 5.41) is 29.0. The minimum absolute atomic E-state index is 0.0477. The van der Waals surface area contributed by atoms with Crippen molar-refractivity contribution >= 4 is 22.9 Å². The summed E-state index contributed by atoms with van der Waals surface area (Å²) in [6.07, 6.45) is -3.06. The Hall–Kier alpha value is -2.21. The smallest absolute Gasteiger partial charge is 0.368 e. The summed E-state index contributed by atoms with van der Waals surface area (Å²) in [6.45, 7) is -0.435. The topological polar surface area (TPSA) is 183 Å². The molecular formula is C10H16N7O4+. The van der Waals surface area contributed by atoms with Crippen LogP contribution < -0.4 is 22.0 Å². The maximum Gasteiger partial charge on any atom is 0.368 e. The standard InChI is InChI=1S/C10H15N7O4/c11-7-4-8(17(13)10(12)15-7)16(2-14-4)9-6(20)5(19)3(1-18)21-9/h2-3,5-6,9,18-20H,1,13H2,(H3,11,12,15)/p+1/t3-,5-,6-,9-/m1/s1. The SMILES string of the molecule is Nc1nc(N)[n+](N)c2c1ncn2[C@@H]1O[C@H](CO)[C@@H](O)[C@H]1O. The Bertz CT molecular complexity index is 690. The van der Waals surface area contributed by atoms with Crippen LogP contribution >= 0.6 is 0 Å². The van der Waals surface area contributed by atoms with E-state index in [9.17, 15) is 10.2 Å². The van der Waals surface area contributed by atoms with Crippen molar-refractivity contribution < 1.29 is 24.7 Å². The predicted molar refractivity (Wildman–Crippen MR) is 69.7 cm³/mol. The lowest BCUT2D eigenvalue weighted by molar-refractivity contribution is -0.602. The Morgan fingerprint density at radius 2 is 2.05 bits per heavy atom. The number of ether oxygens (including phenoxy) is 1. The van der Waals surface area contributed by atoms with E-state index in [1.54, 1.807) is 0 Å². The number of aromatic nitrogens is 4. The molecule has 11 heteroatoms. The van der Waals surface area contributed by atoms with Gasteiger partial charge in [-0.05, 0) is 0 Å². The van der Waals surface area contributed by atoms with Crippen LogP contribution in [-0.4, -0.2) is 54.8 Å². The third kappa shape index (κ3) is 1.86. The average molecular weight is 298 g/mol. The number of nitrogens with two attached hydrogens (primary N) is 3. The molecule has 114 valence electrons. The second-order valence-corrected chi connectivity index (χ2v) is 4.78. The molecule has 0 bridgehead atoms. The second-order valence-electron chi connectivity index (χ2n) is 4.78. The van der Waals surface area contributed by atoms with E-state index in [-0.39, 0.29) is 22.9 Å². The lowest BCUT2D eigenvalue weighted by Crippen LogP contribution is -2.50. The van der Waals surface area contributed by atoms with Crippen molar-refractivity contribution in [2.45, 2.75) is 24.5 Å². The zero-order chi connectivity index (χ0) is 15.3. The van der Waals surface area contributed by atoms with Gasteiger partial charge >= 0.3 is 5.95 Å². The van der Waals surface area contributed by atoms with Gasteiger partial charge in [0.1, 0.15) is 24.6 Å². The first-order chi connectivity index (χ1) is 9.95. The van der Waals surface area contributed by atoms with Gasteiger partial charge in [-0.15, -0.1) is 4.68 Å². The molecule has 3 heterocycles. The van der Waals surface area contributed by atoms with Gasteiger partial charge in [0.15, 0.2) is 11.7 Å². The van der Waals surface area contributed by atoms with Crippen LogP contribution in [0.5, 0.6) is 0 Å². The summed E-state index contributed by atoms with van der Waals surface area (Å²) in [7, 11) is 0. The summed E-state index contributed by atoms with van der Waals surface area (Å²) >= 11 is 0. The number of nitrogen functional groups attached to an aromatic ring is 3. The molecule has 1 fully saturated rings. The van der Waals surface area contributed by atoms with Gasteiger partial charge in [-0.2, -0.15) is 0 Å². The summed E-state index contributed by atoms with van der Waals surface area (Å²) < 4.78 is 7.86. The number of hydrogen-bond acceptors (Lipinski definition) is 9. The number of fused-ring (bicyclic) bond motifs is 1. The number of aliphatic hydroxyl groups is 3. The Balaban J connectivity index is 2.14. The highest BCUT2D eigenvalue weighted by atomic mass is 16.6. The summed E-state index contributed by atoms with van der Waals surface area (Å²) in [5.41, 5.74) is 11.9. The molecule has 0 radical (unpaired) electrons. The molecule has 9 N–H and O–H groups in total. The largest absolute Gasteiger partial charge is 0.394 e. The maximum absolute atomic E-state index is 10.1. The highest BCUT2D eigenvalue weighted by Crippen LogP contribution is 2.31. The van der Waals surface area contributed by atoms with E-state index in [1.807, 2.05) is 0 Å². The van der Waals surface area contributed by atoms with Gasteiger partial charge in [-0.1, -0.05) is 4.98 Å². The van der Waals surface area contributed by atoms with Gasteiger partial charge in [0.25, 0.3) is 5.65 Å².